The molecular weight excluding hydrogens is 472 g/mol. The Morgan fingerprint density at radius 2 is 1.94 bits per heavy atom. The number of nitrogens with zero attached hydrogens (tertiary/aromatic N) is 2. The first-order valence-electron chi connectivity index (χ1n) is 12.3. The summed E-state index contributed by atoms with van der Waals surface area (Å²) in [6.45, 7) is 6.53. The van der Waals surface area contributed by atoms with E-state index < -0.39 is 0 Å². The average Bonchev–Trinajstić information content (AvgIpc) is 3.30. The van der Waals surface area contributed by atoms with Gasteiger partial charge in [-0.3, -0.25) is 15.1 Å². The number of rotatable bonds is 9. The van der Waals surface area contributed by atoms with Crippen LogP contribution in [0.2, 0.25) is 0 Å². The summed E-state index contributed by atoms with van der Waals surface area (Å²) < 4.78 is 9.91. The quantitative estimate of drug-likeness (QED) is 0.301. The van der Waals surface area contributed by atoms with Crippen molar-refractivity contribution in [2.45, 2.75) is 63.0 Å². The summed E-state index contributed by atoms with van der Waals surface area (Å²) in [6.07, 6.45) is 7.55. The lowest BCUT2D eigenvalue weighted by molar-refractivity contribution is 0.299. The Morgan fingerprint density at radius 3 is 2.71 bits per heavy atom. The number of ether oxygens (including phenoxy) is 1. The molecular formula is C28H32N4OS2. The van der Waals surface area contributed by atoms with E-state index in [2.05, 4.69) is 69.3 Å². The van der Waals surface area contributed by atoms with Crippen molar-refractivity contribution in [3.8, 4) is 5.75 Å². The van der Waals surface area contributed by atoms with E-state index in [0.717, 1.165) is 44.4 Å². The monoisotopic (exact) mass is 504 g/mol. The number of hydrogen-bond acceptors (Lipinski definition) is 7. The number of pyridine rings is 1. The minimum Gasteiger partial charge on any atom is -0.489 e. The molecule has 2 aliphatic rings. The molecule has 1 unspecified atom stereocenters. The summed E-state index contributed by atoms with van der Waals surface area (Å²) in [5.41, 5.74) is 6.18. The fourth-order valence-electron chi connectivity index (χ4n) is 4.85. The zero-order chi connectivity index (χ0) is 24.0. The van der Waals surface area contributed by atoms with Gasteiger partial charge in [0.05, 0.1) is 10.5 Å². The molecule has 0 bridgehead atoms. The van der Waals surface area contributed by atoms with Gasteiger partial charge in [0.2, 0.25) is 0 Å². The lowest BCUT2D eigenvalue weighted by atomic mass is 9.83. The van der Waals surface area contributed by atoms with Crippen LogP contribution in [0, 0.1) is 12.8 Å². The van der Waals surface area contributed by atoms with E-state index in [-0.39, 0.29) is 0 Å². The molecule has 2 N–H and O–H groups in total. The second-order valence-corrected chi connectivity index (χ2v) is 11.4. The van der Waals surface area contributed by atoms with Gasteiger partial charge in [0.25, 0.3) is 0 Å². The van der Waals surface area contributed by atoms with Gasteiger partial charge in [-0.1, -0.05) is 55.8 Å². The highest BCUT2D eigenvalue weighted by atomic mass is 32.2. The van der Waals surface area contributed by atoms with Crippen LogP contribution < -0.4 is 14.9 Å². The summed E-state index contributed by atoms with van der Waals surface area (Å²) >= 11 is 3.37. The Bertz CT molecular complexity index is 1210. The van der Waals surface area contributed by atoms with Crippen LogP contribution in [0.4, 0.5) is 0 Å². The number of aryl methyl sites for hydroxylation is 1. The van der Waals surface area contributed by atoms with Crippen LogP contribution in [0.1, 0.15) is 49.8 Å². The molecule has 1 atom stereocenters. The van der Waals surface area contributed by atoms with Crippen molar-refractivity contribution in [2.75, 3.05) is 0 Å². The third-order valence-corrected chi connectivity index (χ3v) is 8.40. The van der Waals surface area contributed by atoms with E-state index in [4.69, 9.17) is 4.74 Å². The molecule has 35 heavy (non-hydrogen) atoms. The van der Waals surface area contributed by atoms with E-state index in [0.29, 0.717) is 18.6 Å². The van der Waals surface area contributed by atoms with E-state index in [1.54, 1.807) is 23.7 Å². The van der Waals surface area contributed by atoms with Crippen molar-refractivity contribution in [1.82, 2.24) is 15.1 Å². The number of aromatic nitrogens is 1. The molecule has 0 spiro atoms. The minimum absolute atomic E-state index is 0.401. The van der Waals surface area contributed by atoms with E-state index in [9.17, 15) is 0 Å². The van der Waals surface area contributed by atoms with E-state index in [1.807, 2.05) is 19.1 Å². The lowest BCUT2D eigenvalue weighted by Crippen LogP contribution is -2.34. The second kappa shape index (κ2) is 11.5. The van der Waals surface area contributed by atoms with Crippen LogP contribution >= 0.6 is 23.7 Å². The molecule has 1 aromatic heterocycles. The van der Waals surface area contributed by atoms with Gasteiger partial charge in [-0.25, -0.2) is 0 Å². The molecule has 7 heteroatoms. The highest BCUT2D eigenvalue weighted by Crippen LogP contribution is 2.33. The highest BCUT2D eigenvalue weighted by Gasteiger charge is 2.26. The Kier molecular flexibility index (Phi) is 7.96. The van der Waals surface area contributed by atoms with Crippen molar-refractivity contribution in [2.24, 2.45) is 11.0 Å². The third-order valence-electron chi connectivity index (χ3n) is 6.64. The summed E-state index contributed by atoms with van der Waals surface area (Å²) in [7, 11) is 0. The van der Waals surface area contributed by atoms with Crippen LogP contribution in [0.25, 0.3) is 10.9 Å². The van der Waals surface area contributed by atoms with Crippen LogP contribution in [-0.4, -0.2) is 16.1 Å². The van der Waals surface area contributed by atoms with Crippen molar-refractivity contribution in [1.29, 1.82) is 0 Å². The molecule has 182 valence electrons. The first-order chi connectivity index (χ1) is 17.1. The Hall–Kier alpha value is -2.48. The molecule has 1 aliphatic carbocycles. The van der Waals surface area contributed by atoms with Gasteiger partial charge in [0.15, 0.2) is 0 Å². The molecule has 5 rings (SSSR count). The summed E-state index contributed by atoms with van der Waals surface area (Å²) in [4.78, 5) is 5.81. The molecule has 0 amide bonds. The minimum atomic E-state index is 0.401. The molecule has 0 saturated heterocycles. The van der Waals surface area contributed by atoms with E-state index in [1.165, 1.54) is 37.0 Å². The van der Waals surface area contributed by atoms with Gasteiger partial charge in [-0.05, 0) is 74.0 Å². The van der Waals surface area contributed by atoms with Crippen LogP contribution in [0.5, 0.6) is 5.75 Å². The second-order valence-electron chi connectivity index (χ2n) is 9.27. The first kappa shape index (κ1) is 24.2. The van der Waals surface area contributed by atoms with E-state index >= 15 is 0 Å². The molecule has 1 aliphatic heterocycles. The van der Waals surface area contributed by atoms with Gasteiger partial charge in [0.1, 0.15) is 17.4 Å². The molecule has 2 aromatic carbocycles. The molecule has 3 aromatic rings. The maximum Gasteiger partial charge on any atom is 0.119 e. The largest absolute Gasteiger partial charge is 0.489 e. The summed E-state index contributed by atoms with van der Waals surface area (Å²) in [5.74, 6) is 1.56. The maximum atomic E-state index is 6.14. The van der Waals surface area contributed by atoms with Gasteiger partial charge >= 0.3 is 0 Å². The van der Waals surface area contributed by atoms with Gasteiger partial charge in [-0.15, -0.1) is 0 Å². The third kappa shape index (κ3) is 6.40. The Morgan fingerprint density at radius 1 is 1.14 bits per heavy atom. The number of hydrazone groups is 1. The lowest BCUT2D eigenvalue weighted by Gasteiger charge is -2.30. The number of benzene rings is 2. The maximum absolute atomic E-state index is 6.14. The molecule has 2 heterocycles. The van der Waals surface area contributed by atoms with Crippen molar-refractivity contribution >= 4 is 39.7 Å². The Balaban J connectivity index is 1.19. The first-order valence-corrected chi connectivity index (χ1v) is 14.0. The number of para-hydroxylation sites is 1. The molecule has 1 saturated carbocycles. The smallest absolute Gasteiger partial charge is 0.119 e. The summed E-state index contributed by atoms with van der Waals surface area (Å²) in [6, 6.07) is 19.1. The molecule has 0 radical (unpaired) electrons. The van der Waals surface area contributed by atoms with Crippen LogP contribution in [0.3, 0.4) is 0 Å². The highest BCUT2D eigenvalue weighted by molar-refractivity contribution is 8.17. The predicted octanol–water partition coefficient (Wildman–Crippen LogP) is 7.18. The zero-order valence-electron chi connectivity index (χ0n) is 20.1. The summed E-state index contributed by atoms with van der Waals surface area (Å²) in [5, 5.41) is 7.64. The predicted molar refractivity (Wildman–Crippen MR) is 149 cm³/mol. The number of fused-ring (bicyclic) bond motifs is 1. The van der Waals surface area contributed by atoms with Crippen molar-refractivity contribution in [3.05, 3.63) is 77.5 Å². The zero-order valence-corrected chi connectivity index (χ0v) is 21.8. The topological polar surface area (TPSA) is 58.5 Å². The average molecular weight is 505 g/mol. The Labute approximate surface area is 216 Å². The van der Waals surface area contributed by atoms with Gasteiger partial charge in [0, 0.05) is 34.0 Å². The number of nitrogens with one attached hydrogen (secondary N) is 2. The molecule has 1 fully saturated rings. The fourth-order valence-corrected chi connectivity index (χ4v) is 6.42. The van der Waals surface area contributed by atoms with Crippen LogP contribution in [-0.2, 0) is 6.61 Å². The van der Waals surface area contributed by atoms with Crippen molar-refractivity contribution in [3.63, 3.8) is 0 Å². The number of thioether (sulfide) groups is 1. The fraction of sp³-hybridized carbons (Fsp3) is 0.357. The standard InChI is InChI=1S/C28H32N4OS2/c1-19-16-22(25-10-6-7-11-26(25)29-19)18-33-23-12-14-24(15-13-23)35-32-27(21-8-4-3-5-9-21)17-28-31-30-20(2)34-28/h6-7,10-16,21,27,30,32H,2-5,8-9,17-18H2,1H3. The number of hydrogen-bond donors (Lipinski definition) is 2. The van der Waals surface area contributed by atoms with Crippen LogP contribution in [0.15, 0.2) is 76.2 Å². The van der Waals surface area contributed by atoms with Gasteiger partial charge < -0.3 is 4.74 Å². The molecule has 5 nitrogen and oxygen atoms in total. The normalized spacial score (nSPS) is 17.3. The van der Waals surface area contributed by atoms with Gasteiger partial charge in [-0.2, -0.15) is 5.10 Å². The SMILES string of the molecule is C=C1NN=C(CC(NSc2ccc(OCc3cc(C)nc4ccccc34)cc2)C2CCCCC2)S1. The van der Waals surface area contributed by atoms with Crippen molar-refractivity contribution < 1.29 is 4.74 Å².